The lowest BCUT2D eigenvalue weighted by atomic mass is 10.1. The maximum Gasteiger partial charge on any atom is 0.251 e. The van der Waals surface area contributed by atoms with Crippen LogP contribution in [0.25, 0.3) is 11.3 Å². The Bertz CT molecular complexity index is 607. The molecule has 0 bridgehead atoms. The van der Waals surface area contributed by atoms with E-state index in [1.54, 1.807) is 10.9 Å². The van der Waals surface area contributed by atoms with E-state index in [2.05, 4.69) is 15.1 Å². The van der Waals surface area contributed by atoms with Gasteiger partial charge in [-0.15, -0.1) is 0 Å². The average molecular weight is 244 g/mol. The number of H-pyrrole nitrogens is 1. The third-order valence-corrected chi connectivity index (χ3v) is 3.50. The summed E-state index contributed by atoms with van der Waals surface area (Å²) < 4.78 is 1.72. The summed E-state index contributed by atoms with van der Waals surface area (Å²) in [6, 6.07) is 1.54. The van der Waals surface area contributed by atoms with Crippen molar-refractivity contribution in [2.24, 2.45) is 7.05 Å². The van der Waals surface area contributed by atoms with E-state index in [0.29, 0.717) is 11.6 Å². The summed E-state index contributed by atoms with van der Waals surface area (Å²) in [6.07, 6.45) is 8.32. The van der Waals surface area contributed by atoms with E-state index in [0.717, 1.165) is 24.2 Å². The Kier molecular flexibility index (Phi) is 2.74. The molecule has 0 unspecified atom stereocenters. The van der Waals surface area contributed by atoms with Gasteiger partial charge in [-0.3, -0.25) is 9.48 Å². The van der Waals surface area contributed by atoms with Crippen molar-refractivity contribution in [2.45, 2.75) is 31.6 Å². The molecule has 2 aromatic rings. The van der Waals surface area contributed by atoms with Crippen molar-refractivity contribution < 1.29 is 0 Å². The van der Waals surface area contributed by atoms with Gasteiger partial charge in [0, 0.05) is 30.8 Å². The van der Waals surface area contributed by atoms with Gasteiger partial charge in [0.05, 0.1) is 11.9 Å². The van der Waals surface area contributed by atoms with Crippen LogP contribution in [0.3, 0.4) is 0 Å². The Hall–Kier alpha value is -1.91. The van der Waals surface area contributed by atoms with Gasteiger partial charge >= 0.3 is 0 Å². The fourth-order valence-electron chi connectivity index (χ4n) is 2.57. The lowest BCUT2D eigenvalue weighted by molar-refractivity contribution is 0.665. The van der Waals surface area contributed by atoms with Gasteiger partial charge in [0.1, 0.15) is 5.82 Å². The molecule has 5 heteroatoms. The second kappa shape index (κ2) is 4.40. The van der Waals surface area contributed by atoms with Crippen LogP contribution < -0.4 is 5.56 Å². The number of nitrogens with zero attached hydrogens (tertiary/aromatic N) is 3. The number of aryl methyl sites for hydroxylation is 1. The lowest BCUT2D eigenvalue weighted by Crippen LogP contribution is -2.13. The lowest BCUT2D eigenvalue weighted by Gasteiger charge is -2.08. The van der Waals surface area contributed by atoms with E-state index in [1.807, 2.05) is 13.2 Å². The number of rotatable bonds is 2. The van der Waals surface area contributed by atoms with Crippen molar-refractivity contribution in [3.63, 3.8) is 0 Å². The SMILES string of the molecule is Cn1cc(-c2cc(=O)[nH]c(C3CCCC3)n2)cn1. The van der Waals surface area contributed by atoms with Crippen molar-refractivity contribution in [3.8, 4) is 11.3 Å². The van der Waals surface area contributed by atoms with Gasteiger partial charge in [-0.1, -0.05) is 12.8 Å². The largest absolute Gasteiger partial charge is 0.310 e. The molecule has 94 valence electrons. The van der Waals surface area contributed by atoms with Gasteiger partial charge in [-0.05, 0) is 12.8 Å². The maximum absolute atomic E-state index is 11.7. The highest BCUT2D eigenvalue weighted by Crippen LogP contribution is 2.32. The molecule has 2 heterocycles. The van der Waals surface area contributed by atoms with Crippen molar-refractivity contribution >= 4 is 0 Å². The Labute approximate surface area is 105 Å². The van der Waals surface area contributed by atoms with Crippen molar-refractivity contribution in [1.29, 1.82) is 0 Å². The first-order valence-corrected chi connectivity index (χ1v) is 6.32. The van der Waals surface area contributed by atoms with Gasteiger partial charge in [0.2, 0.25) is 0 Å². The molecule has 0 aromatic carbocycles. The summed E-state index contributed by atoms with van der Waals surface area (Å²) in [7, 11) is 1.86. The van der Waals surface area contributed by atoms with Crippen LogP contribution in [0.4, 0.5) is 0 Å². The van der Waals surface area contributed by atoms with Gasteiger partial charge < -0.3 is 4.98 Å². The molecular weight excluding hydrogens is 228 g/mol. The minimum Gasteiger partial charge on any atom is -0.310 e. The van der Waals surface area contributed by atoms with Gasteiger partial charge in [0.15, 0.2) is 0 Å². The number of hydrogen-bond acceptors (Lipinski definition) is 3. The molecule has 18 heavy (non-hydrogen) atoms. The Morgan fingerprint density at radius 3 is 2.83 bits per heavy atom. The summed E-state index contributed by atoms with van der Waals surface area (Å²) >= 11 is 0. The van der Waals surface area contributed by atoms with Crippen LogP contribution in [0.1, 0.15) is 37.4 Å². The molecule has 1 fully saturated rings. The number of hydrogen-bond donors (Lipinski definition) is 1. The standard InChI is InChI=1S/C13H16N4O/c1-17-8-10(7-14-17)11-6-12(18)16-13(15-11)9-4-2-3-5-9/h6-9H,2-5H2,1H3,(H,15,16,18). The highest BCUT2D eigenvalue weighted by Gasteiger charge is 2.20. The fourth-order valence-corrected chi connectivity index (χ4v) is 2.57. The van der Waals surface area contributed by atoms with Crippen LogP contribution in [0.2, 0.25) is 0 Å². The molecule has 1 aliphatic carbocycles. The van der Waals surface area contributed by atoms with E-state index < -0.39 is 0 Å². The zero-order valence-corrected chi connectivity index (χ0v) is 10.4. The van der Waals surface area contributed by atoms with E-state index in [1.165, 1.54) is 18.9 Å². The third kappa shape index (κ3) is 2.08. The molecular formula is C13H16N4O. The molecule has 0 atom stereocenters. The Morgan fingerprint density at radius 1 is 1.39 bits per heavy atom. The monoisotopic (exact) mass is 244 g/mol. The van der Waals surface area contributed by atoms with Crippen LogP contribution in [0.15, 0.2) is 23.3 Å². The minimum absolute atomic E-state index is 0.0780. The Morgan fingerprint density at radius 2 is 2.17 bits per heavy atom. The smallest absolute Gasteiger partial charge is 0.251 e. The van der Waals surface area contributed by atoms with Gasteiger partial charge in [-0.2, -0.15) is 5.10 Å². The second-order valence-electron chi connectivity index (χ2n) is 4.90. The van der Waals surface area contributed by atoms with Crippen LogP contribution in [0, 0.1) is 0 Å². The van der Waals surface area contributed by atoms with Crippen molar-refractivity contribution in [3.05, 3.63) is 34.6 Å². The molecule has 3 rings (SSSR count). The van der Waals surface area contributed by atoms with Crippen LogP contribution in [-0.4, -0.2) is 19.7 Å². The summed E-state index contributed by atoms with van der Waals surface area (Å²) in [5.74, 6) is 1.24. The van der Waals surface area contributed by atoms with Crippen molar-refractivity contribution in [2.75, 3.05) is 0 Å². The first-order chi connectivity index (χ1) is 8.72. The quantitative estimate of drug-likeness (QED) is 0.876. The van der Waals surface area contributed by atoms with E-state index in [4.69, 9.17) is 0 Å². The zero-order valence-electron chi connectivity index (χ0n) is 10.4. The van der Waals surface area contributed by atoms with Crippen LogP contribution in [-0.2, 0) is 7.05 Å². The molecule has 0 amide bonds. The second-order valence-corrected chi connectivity index (χ2v) is 4.90. The topological polar surface area (TPSA) is 63.6 Å². The molecule has 0 spiro atoms. The van der Waals surface area contributed by atoms with E-state index in [9.17, 15) is 4.79 Å². The summed E-state index contributed by atoms with van der Waals surface area (Å²) in [4.78, 5) is 19.2. The summed E-state index contributed by atoms with van der Waals surface area (Å²) in [6.45, 7) is 0. The highest BCUT2D eigenvalue weighted by molar-refractivity contribution is 5.56. The highest BCUT2D eigenvalue weighted by atomic mass is 16.1. The molecule has 1 N–H and O–H groups in total. The summed E-state index contributed by atoms with van der Waals surface area (Å²) in [5, 5.41) is 4.11. The van der Waals surface area contributed by atoms with Crippen LogP contribution >= 0.6 is 0 Å². The normalized spacial score (nSPS) is 16.3. The van der Waals surface area contributed by atoms with Gasteiger partial charge in [0.25, 0.3) is 5.56 Å². The predicted molar refractivity (Wildman–Crippen MR) is 68.3 cm³/mol. The molecule has 1 aliphatic rings. The maximum atomic E-state index is 11.7. The zero-order chi connectivity index (χ0) is 12.5. The molecule has 2 aromatic heterocycles. The third-order valence-electron chi connectivity index (χ3n) is 3.50. The number of nitrogens with one attached hydrogen (secondary N) is 1. The number of aromatic amines is 1. The van der Waals surface area contributed by atoms with Crippen molar-refractivity contribution in [1.82, 2.24) is 19.7 Å². The molecule has 1 saturated carbocycles. The average Bonchev–Trinajstić information content (AvgIpc) is 2.98. The van der Waals surface area contributed by atoms with Gasteiger partial charge in [-0.25, -0.2) is 4.98 Å². The minimum atomic E-state index is -0.0780. The number of aromatic nitrogens is 4. The van der Waals surface area contributed by atoms with E-state index in [-0.39, 0.29) is 5.56 Å². The van der Waals surface area contributed by atoms with Crippen LogP contribution in [0.5, 0.6) is 0 Å². The summed E-state index contributed by atoms with van der Waals surface area (Å²) in [5.41, 5.74) is 1.53. The molecule has 0 saturated heterocycles. The molecule has 0 aliphatic heterocycles. The molecule has 0 radical (unpaired) electrons. The first kappa shape index (κ1) is 11.2. The molecule has 5 nitrogen and oxygen atoms in total. The van der Waals surface area contributed by atoms with E-state index >= 15 is 0 Å². The fraction of sp³-hybridized carbons (Fsp3) is 0.462. The Balaban J connectivity index is 2.02. The first-order valence-electron chi connectivity index (χ1n) is 6.32. The predicted octanol–water partition coefficient (Wildman–Crippen LogP) is 1.83.